The zero-order chi connectivity index (χ0) is 21.5. The van der Waals surface area contributed by atoms with Crippen LogP contribution in [-0.2, 0) is 0 Å². The van der Waals surface area contributed by atoms with Crippen LogP contribution in [-0.4, -0.2) is 29.8 Å². The Morgan fingerprint density at radius 1 is 1.13 bits per heavy atom. The molecule has 0 unspecified atom stereocenters. The fourth-order valence-electron chi connectivity index (χ4n) is 3.95. The number of hydrogen-bond acceptors (Lipinski definition) is 5. The quantitative estimate of drug-likeness (QED) is 0.525. The second-order valence-electron chi connectivity index (χ2n) is 7.40. The lowest BCUT2D eigenvalue weighted by Gasteiger charge is -2.37. The Morgan fingerprint density at radius 2 is 1.87 bits per heavy atom. The molecule has 0 bridgehead atoms. The van der Waals surface area contributed by atoms with Gasteiger partial charge in [0.05, 0.1) is 18.9 Å². The minimum atomic E-state index is -0.958. The zero-order valence-electron chi connectivity index (χ0n) is 16.6. The number of benzene rings is 3. The molecular weight excluding hydrogens is 419 g/mol. The van der Waals surface area contributed by atoms with Crippen LogP contribution in [0.4, 0.5) is 4.39 Å². The largest absolute Gasteiger partial charge is 0.497 e. The smallest absolute Gasteiger partial charge is 0.251 e. The van der Waals surface area contributed by atoms with Crippen LogP contribution in [0.2, 0.25) is 5.02 Å². The lowest BCUT2D eigenvalue weighted by Crippen LogP contribution is -2.45. The van der Waals surface area contributed by atoms with Gasteiger partial charge in [-0.15, -0.1) is 0 Å². The molecular formula is C24H18ClFN2O3. The van der Waals surface area contributed by atoms with Crippen molar-refractivity contribution in [3.05, 3.63) is 94.3 Å². The highest BCUT2D eigenvalue weighted by atomic mass is 35.5. The highest BCUT2D eigenvalue weighted by molar-refractivity contribution is 6.30. The number of Topliss-reactive ketones (excluding diaryl/α,β-unsaturated/α-hetero) is 1. The van der Waals surface area contributed by atoms with E-state index in [1.54, 1.807) is 24.3 Å². The van der Waals surface area contributed by atoms with E-state index in [0.717, 1.165) is 22.6 Å². The van der Waals surface area contributed by atoms with Gasteiger partial charge >= 0.3 is 0 Å². The number of hydrazone groups is 1. The summed E-state index contributed by atoms with van der Waals surface area (Å²) in [5, 5.41) is 7.03. The number of nitrogens with zero attached hydrogens (tertiary/aromatic N) is 2. The lowest BCUT2D eigenvalue weighted by atomic mass is 9.95. The Hall–Kier alpha value is -3.38. The van der Waals surface area contributed by atoms with Gasteiger partial charge in [-0.3, -0.25) is 4.79 Å². The molecule has 0 amide bonds. The van der Waals surface area contributed by atoms with E-state index in [4.69, 9.17) is 26.2 Å². The van der Waals surface area contributed by atoms with Crippen molar-refractivity contribution < 1.29 is 18.7 Å². The summed E-state index contributed by atoms with van der Waals surface area (Å²) >= 11 is 6.24. The fraction of sp³-hybridized carbons (Fsp3) is 0.167. The van der Waals surface area contributed by atoms with Crippen molar-refractivity contribution in [3.8, 4) is 11.5 Å². The van der Waals surface area contributed by atoms with Gasteiger partial charge in [0.25, 0.3) is 6.23 Å². The third-order valence-electron chi connectivity index (χ3n) is 5.53. The Bertz CT molecular complexity index is 1180. The summed E-state index contributed by atoms with van der Waals surface area (Å²) in [6.07, 6.45) is -0.365. The molecule has 0 saturated carbocycles. The molecule has 3 aromatic rings. The van der Waals surface area contributed by atoms with Gasteiger partial charge in [-0.05, 0) is 72.3 Å². The van der Waals surface area contributed by atoms with Gasteiger partial charge in [0.15, 0.2) is 0 Å². The first-order chi connectivity index (χ1) is 15.0. The maximum atomic E-state index is 13.3. The molecule has 5 nitrogen and oxygen atoms in total. The Kier molecular flexibility index (Phi) is 4.87. The van der Waals surface area contributed by atoms with E-state index in [0.29, 0.717) is 22.8 Å². The highest BCUT2D eigenvalue weighted by Gasteiger charge is 2.43. The van der Waals surface area contributed by atoms with Gasteiger partial charge in [-0.2, -0.15) is 5.10 Å². The van der Waals surface area contributed by atoms with E-state index in [9.17, 15) is 9.18 Å². The van der Waals surface area contributed by atoms with Gasteiger partial charge in [-0.25, -0.2) is 9.40 Å². The van der Waals surface area contributed by atoms with Crippen LogP contribution in [0, 0.1) is 5.82 Å². The SMILES string of the molecule is COc1ccc(C2=NN3[C@@H](C(=O)c4ccc(F)cc4)Oc4ccc(Cl)cc4[C@H]3C2)cc1. The number of hydrogen-bond donors (Lipinski definition) is 0. The minimum absolute atomic E-state index is 0.200. The summed E-state index contributed by atoms with van der Waals surface area (Å²) < 4.78 is 24.6. The maximum absolute atomic E-state index is 13.3. The number of carbonyl (C=O) groups is 1. The minimum Gasteiger partial charge on any atom is -0.497 e. The van der Waals surface area contributed by atoms with Crippen LogP contribution in [0.1, 0.15) is 33.9 Å². The molecule has 0 aliphatic carbocycles. The summed E-state index contributed by atoms with van der Waals surface area (Å²) in [6, 6.07) is 18.2. The zero-order valence-corrected chi connectivity index (χ0v) is 17.3. The highest BCUT2D eigenvalue weighted by Crippen LogP contribution is 2.44. The topological polar surface area (TPSA) is 51.1 Å². The van der Waals surface area contributed by atoms with Gasteiger partial charge in [0.1, 0.15) is 17.3 Å². The Morgan fingerprint density at radius 3 is 2.58 bits per heavy atom. The predicted molar refractivity (Wildman–Crippen MR) is 115 cm³/mol. The predicted octanol–water partition coefficient (Wildman–Crippen LogP) is 5.24. The molecule has 31 heavy (non-hydrogen) atoms. The first-order valence-corrected chi connectivity index (χ1v) is 10.2. The van der Waals surface area contributed by atoms with Crippen molar-refractivity contribution in [2.75, 3.05) is 7.11 Å². The third-order valence-corrected chi connectivity index (χ3v) is 5.76. The third kappa shape index (κ3) is 3.53. The molecule has 2 aliphatic heterocycles. The molecule has 3 aromatic carbocycles. The average Bonchev–Trinajstić information content (AvgIpc) is 3.24. The van der Waals surface area contributed by atoms with E-state index in [-0.39, 0.29) is 11.8 Å². The van der Waals surface area contributed by atoms with E-state index < -0.39 is 12.0 Å². The van der Waals surface area contributed by atoms with Crippen molar-refractivity contribution in [2.45, 2.75) is 18.7 Å². The standard InChI is InChI=1S/C24H18ClFN2O3/c1-30-18-9-4-14(5-10-18)20-13-21-19-12-16(25)6-11-22(19)31-24(28(21)27-20)23(29)15-2-7-17(26)8-3-15/h2-12,21,24H,13H2,1H3/t21-,24-/m1/s1. The van der Waals surface area contributed by atoms with Gasteiger partial charge in [0, 0.05) is 22.6 Å². The fourth-order valence-corrected chi connectivity index (χ4v) is 4.13. The molecule has 0 N–H and O–H groups in total. The van der Waals surface area contributed by atoms with Crippen LogP contribution in [0.15, 0.2) is 71.8 Å². The second kappa shape index (κ2) is 7.71. The van der Waals surface area contributed by atoms with Gasteiger partial charge in [-0.1, -0.05) is 11.6 Å². The Balaban J connectivity index is 1.55. The molecule has 0 saturated heterocycles. The Labute approximate surface area is 183 Å². The van der Waals surface area contributed by atoms with Crippen LogP contribution < -0.4 is 9.47 Å². The molecule has 0 spiro atoms. The molecule has 5 rings (SSSR count). The number of halogens is 2. The molecule has 0 fully saturated rings. The van der Waals surface area contributed by atoms with Gasteiger partial charge < -0.3 is 9.47 Å². The van der Waals surface area contributed by atoms with Crippen molar-refractivity contribution in [3.63, 3.8) is 0 Å². The molecule has 2 aliphatic rings. The summed E-state index contributed by atoms with van der Waals surface area (Å²) in [4.78, 5) is 13.3. The van der Waals surface area contributed by atoms with Crippen molar-refractivity contribution in [2.24, 2.45) is 5.10 Å². The maximum Gasteiger partial charge on any atom is 0.251 e. The first-order valence-electron chi connectivity index (χ1n) is 9.79. The van der Waals surface area contributed by atoms with Crippen molar-refractivity contribution in [1.82, 2.24) is 5.01 Å². The molecule has 7 heteroatoms. The van der Waals surface area contributed by atoms with Crippen LogP contribution in [0.3, 0.4) is 0 Å². The second-order valence-corrected chi connectivity index (χ2v) is 7.84. The summed E-state index contributed by atoms with van der Waals surface area (Å²) in [6.45, 7) is 0. The summed E-state index contributed by atoms with van der Waals surface area (Å²) in [5.74, 6) is 0.660. The molecule has 0 aromatic heterocycles. The van der Waals surface area contributed by atoms with Crippen LogP contribution >= 0.6 is 11.6 Å². The first kappa shape index (κ1) is 19.6. The van der Waals surface area contributed by atoms with E-state index >= 15 is 0 Å². The number of ketones is 1. The number of methoxy groups -OCH3 is 1. The summed E-state index contributed by atoms with van der Waals surface area (Å²) in [5.41, 5.74) is 3.01. The molecule has 2 atom stereocenters. The molecule has 2 heterocycles. The van der Waals surface area contributed by atoms with E-state index in [1.807, 2.05) is 30.3 Å². The lowest BCUT2D eigenvalue weighted by molar-refractivity contribution is -0.00455. The van der Waals surface area contributed by atoms with E-state index in [2.05, 4.69) is 0 Å². The number of rotatable bonds is 4. The molecule has 156 valence electrons. The summed E-state index contributed by atoms with van der Waals surface area (Å²) in [7, 11) is 1.62. The monoisotopic (exact) mass is 436 g/mol. The average molecular weight is 437 g/mol. The van der Waals surface area contributed by atoms with Crippen molar-refractivity contribution >= 4 is 23.1 Å². The number of carbonyl (C=O) groups excluding carboxylic acids is 1. The number of ether oxygens (including phenoxy) is 2. The normalized spacial score (nSPS) is 19.2. The number of fused-ring (bicyclic) bond motifs is 3. The van der Waals surface area contributed by atoms with Crippen LogP contribution in [0.5, 0.6) is 11.5 Å². The molecule has 0 radical (unpaired) electrons. The van der Waals surface area contributed by atoms with Crippen molar-refractivity contribution in [1.29, 1.82) is 0 Å². The van der Waals surface area contributed by atoms with E-state index in [1.165, 1.54) is 24.3 Å². The van der Waals surface area contributed by atoms with Crippen LogP contribution in [0.25, 0.3) is 0 Å². The van der Waals surface area contributed by atoms with Gasteiger partial charge in [0.2, 0.25) is 5.78 Å².